The Balaban J connectivity index is 1.73. The molecule has 0 bridgehead atoms. The minimum Gasteiger partial charge on any atom is -0.466 e. The predicted octanol–water partition coefficient (Wildman–Crippen LogP) is 1.95. The van der Waals surface area contributed by atoms with Crippen molar-refractivity contribution in [2.24, 2.45) is 0 Å². The molecule has 0 atom stereocenters. The molecule has 2 fully saturated rings. The van der Waals surface area contributed by atoms with Crippen LogP contribution in [0.15, 0.2) is 23.1 Å². The Morgan fingerprint density at radius 1 is 1.16 bits per heavy atom. The SMILES string of the molecule is CCN1CCN(c2cc3c(cc2F)c(=O)c(C(=O)OCC(=O)OC)cn3C2CC2)CC1. The molecule has 1 aliphatic heterocycles. The van der Waals surface area contributed by atoms with Crippen LogP contribution in [0.5, 0.6) is 0 Å². The highest BCUT2D eigenvalue weighted by molar-refractivity contribution is 5.95. The summed E-state index contributed by atoms with van der Waals surface area (Å²) in [6, 6.07) is 3.08. The summed E-state index contributed by atoms with van der Waals surface area (Å²) in [6.07, 6.45) is 3.30. The van der Waals surface area contributed by atoms with Crippen LogP contribution in [0.25, 0.3) is 10.9 Å². The highest BCUT2D eigenvalue weighted by atomic mass is 19.1. The summed E-state index contributed by atoms with van der Waals surface area (Å²) in [5.41, 5.74) is 0.249. The quantitative estimate of drug-likeness (QED) is 0.647. The molecule has 1 saturated carbocycles. The predicted molar refractivity (Wildman–Crippen MR) is 113 cm³/mol. The van der Waals surface area contributed by atoms with Crippen molar-refractivity contribution in [3.63, 3.8) is 0 Å². The van der Waals surface area contributed by atoms with Gasteiger partial charge in [0.2, 0.25) is 5.43 Å². The first-order valence-electron chi connectivity index (χ1n) is 10.5. The van der Waals surface area contributed by atoms with Crippen LogP contribution in [-0.2, 0) is 14.3 Å². The molecular weight excluding hydrogens is 405 g/mol. The van der Waals surface area contributed by atoms with E-state index in [2.05, 4.69) is 16.6 Å². The van der Waals surface area contributed by atoms with E-state index in [9.17, 15) is 14.4 Å². The van der Waals surface area contributed by atoms with Gasteiger partial charge in [-0.1, -0.05) is 6.92 Å². The van der Waals surface area contributed by atoms with Crippen molar-refractivity contribution in [3.8, 4) is 0 Å². The van der Waals surface area contributed by atoms with Crippen molar-refractivity contribution < 1.29 is 23.5 Å². The minimum atomic E-state index is -0.924. The molecule has 0 N–H and O–H groups in total. The summed E-state index contributed by atoms with van der Waals surface area (Å²) in [5, 5.41) is 0.132. The Hall–Kier alpha value is -2.94. The van der Waals surface area contributed by atoms with Crippen LogP contribution in [0.4, 0.5) is 10.1 Å². The number of carbonyl (C=O) groups excluding carboxylic acids is 2. The monoisotopic (exact) mass is 431 g/mol. The van der Waals surface area contributed by atoms with E-state index < -0.39 is 29.8 Å². The molecule has 9 heteroatoms. The minimum absolute atomic E-state index is 0.132. The maximum absolute atomic E-state index is 15.1. The standard InChI is InChI=1S/C22H26FN3O5/c1-3-24-6-8-25(9-7-24)19-11-18-15(10-17(19)23)21(28)16(12-26(18)14-4-5-14)22(29)31-13-20(27)30-2/h10-12,14H,3-9,13H2,1-2H3. The zero-order chi connectivity index (χ0) is 22.1. The van der Waals surface area contributed by atoms with E-state index in [4.69, 9.17) is 4.74 Å². The van der Waals surface area contributed by atoms with E-state index in [-0.39, 0.29) is 17.0 Å². The number of carbonyl (C=O) groups is 2. The molecule has 0 spiro atoms. The van der Waals surface area contributed by atoms with Gasteiger partial charge in [-0.2, -0.15) is 0 Å². The molecule has 2 heterocycles. The molecule has 0 amide bonds. The second-order valence-electron chi connectivity index (χ2n) is 7.90. The zero-order valence-corrected chi connectivity index (χ0v) is 17.7. The smallest absolute Gasteiger partial charge is 0.344 e. The van der Waals surface area contributed by atoms with Crippen molar-refractivity contribution in [3.05, 3.63) is 39.9 Å². The average Bonchev–Trinajstić information content (AvgIpc) is 3.63. The zero-order valence-electron chi connectivity index (χ0n) is 17.7. The third-order valence-corrected chi connectivity index (χ3v) is 5.97. The van der Waals surface area contributed by atoms with Gasteiger partial charge in [-0.3, -0.25) is 4.79 Å². The Morgan fingerprint density at radius 2 is 1.87 bits per heavy atom. The molecule has 2 aliphatic rings. The van der Waals surface area contributed by atoms with Gasteiger partial charge < -0.3 is 23.8 Å². The third-order valence-electron chi connectivity index (χ3n) is 5.97. The molecule has 2 aromatic rings. The molecule has 166 valence electrons. The number of aromatic nitrogens is 1. The molecule has 31 heavy (non-hydrogen) atoms. The number of rotatable bonds is 6. The van der Waals surface area contributed by atoms with Crippen LogP contribution in [0, 0.1) is 5.82 Å². The lowest BCUT2D eigenvalue weighted by Gasteiger charge is -2.35. The van der Waals surface area contributed by atoms with Gasteiger partial charge in [-0.25, -0.2) is 14.0 Å². The molecule has 0 unspecified atom stereocenters. The van der Waals surface area contributed by atoms with Gasteiger partial charge in [0.05, 0.1) is 18.3 Å². The molecular formula is C22H26FN3O5. The number of likely N-dealkylation sites (N-methyl/N-ethyl adjacent to an activating group) is 1. The number of benzene rings is 1. The van der Waals surface area contributed by atoms with Crippen molar-refractivity contribution >= 4 is 28.5 Å². The first kappa shape index (κ1) is 21.3. The summed E-state index contributed by atoms with van der Waals surface area (Å²) in [7, 11) is 1.18. The number of halogens is 1. The number of fused-ring (bicyclic) bond motifs is 1. The maximum Gasteiger partial charge on any atom is 0.344 e. The Kier molecular flexibility index (Phi) is 5.95. The van der Waals surface area contributed by atoms with Crippen LogP contribution < -0.4 is 10.3 Å². The van der Waals surface area contributed by atoms with Crippen molar-refractivity contribution in [1.82, 2.24) is 9.47 Å². The fraction of sp³-hybridized carbons (Fsp3) is 0.500. The van der Waals surface area contributed by atoms with Crippen LogP contribution in [0.2, 0.25) is 0 Å². The molecule has 8 nitrogen and oxygen atoms in total. The molecule has 1 aliphatic carbocycles. The van der Waals surface area contributed by atoms with E-state index in [0.717, 1.165) is 32.5 Å². The van der Waals surface area contributed by atoms with E-state index in [0.29, 0.717) is 24.3 Å². The topological polar surface area (TPSA) is 81.1 Å². The molecule has 0 radical (unpaired) electrons. The fourth-order valence-corrected chi connectivity index (χ4v) is 3.97. The third kappa shape index (κ3) is 4.27. The largest absolute Gasteiger partial charge is 0.466 e. The van der Waals surface area contributed by atoms with Gasteiger partial charge in [0.15, 0.2) is 6.61 Å². The Morgan fingerprint density at radius 3 is 2.48 bits per heavy atom. The van der Waals surface area contributed by atoms with Crippen LogP contribution in [0.3, 0.4) is 0 Å². The van der Waals surface area contributed by atoms with Crippen LogP contribution >= 0.6 is 0 Å². The van der Waals surface area contributed by atoms with Crippen LogP contribution in [-0.4, -0.2) is 67.8 Å². The second kappa shape index (κ2) is 8.66. The molecule has 1 saturated heterocycles. The second-order valence-corrected chi connectivity index (χ2v) is 7.90. The summed E-state index contributed by atoms with van der Waals surface area (Å²) >= 11 is 0. The van der Waals surface area contributed by atoms with E-state index >= 15 is 4.39 Å². The summed E-state index contributed by atoms with van der Waals surface area (Å²) in [4.78, 5) is 41.0. The van der Waals surface area contributed by atoms with Crippen molar-refractivity contribution in [2.75, 3.05) is 51.3 Å². The number of methoxy groups -OCH3 is 1. The van der Waals surface area contributed by atoms with E-state index in [1.54, 1.807) is 6.07 Å². The van der Waals surface area contributed by atoms with Gasteiger partial charge in [-0.15, -0.1) is 0 Å². The molecule has 4 rings (SSSR count). The summed E-state index contributed by atoms with van der Waals surface area (Å²) in [6.45, 7) is 5.61. The number of ether oxygens (including phenoxy) is 2. The van der Waals surface area contributed by atoms with Gasteiger partial charge in [0.1, 0.15) is 11.4 Å². The summed E-state index contributed by atoms with van der Waals surface area (Å²) in [5.74, 6) is -2.14. The van der Waals surface area contributed by atoms with Crippen molar-refractivity contribution in [2.45, 2.75) is 25.8 Å². The molecule has 1 aromatic heterocycles. The number of anilines is 1. The number of nitrogens with zero attached hydrogens (tertiary/aromatic N) is 3. The molecule has 1 aromatic carbocycles. The van der Waals surface area contributed by atoms with Gasteiger partial charge in [0, 0.05) is 43.8 Å². The lowest BCUT2D eigenvalue weighted by molar-refractivity contribution is -0.144. The Bertz CT molecular complexity index is 1070. The highest BCUT2D eigenvalue weighted by Crippen LogP contribution is 2.38. The lowest BCUT2D eigenvalue weighted by atomic mass is 10.1. The number of piperazine rings is 1. The number of esters is 2. The van der Waals surface area contributed by atoms with Gasteiger partial charge in [0.25, 0.3) is 0 Å². The van der Waals surface area contributed by atoms with Crippen LogP contribution in [0.1, 0.15) is 36.2 Å². The number of hydrogen-bond donors (Lipinski definition) is 0. The van der Waals surface area contributed by atoms with Crippen molar-refractivity contribution in [1.29, 1.82) is 0 Å². The first-order valence-corrected chi connectivity index (χ1v) is 10.5. The average molecular weight is 431 g/mol. The summed E-state index contributed by atoms with van der Waals surface area (Å²) < 4.78 is 26.3. The van der Waals surface area contributed by atoms with Gasteiger partial charge >= 0.3 is 11.9 Å². The number of pyridine rings is 1. The normalized spacial score (nSPS) is 17.1. The van der Waals surface area contributed by atoms with Gasteiger partial charge in [-0.05, 0) is 31.5 Å². The van der Waals surface area contributed by atoms with E-state index in [1.165, 1.54) is 19.4 Å². The Labute approximate surface area is 179 Å². The first-order chi connectivity index (χ1) is 14.9. The fourth-order valence-electron chi connectivity index (χ4n) is 3.97. The maximum atomic E-state index is 15.1. The lowest BCUT2D eigenvalue weighted by Crippen LogP contribution is -2.46. The highest BCUT2D eigenvalue weighted by Gasteiger charge is 2.29. The number of hydrogen-bond acceptors (Lipinski definition) is 7. The van der Waals surface area contributed by atoms with E-state index in [1.807, 2.05) is 9.47 Å².